The first-order valence-electron chi connectivity index (χ1n) is 4.70. The number of ether oxygens (including phenoxy) is 1. The zero-order valence-electron chi connectivity index (χ0n) is 8.29. The highest BCUT2D eigenvalue weighted by Gasteiger charge is 2.06. The third kappa shape index (κ3) is 2.74. The lowest BCUT2D eigenvalue weighted by atomic mass is 10.2. The van der Waals surface area contributed by atoms with Crippen LogP contribution in [-0.4, -0.2) is 12.6 Å². The summed E-state index contributed by atoms with van der Waals surface area (Å²) in [6.45, 7) is 4.69. The number of nitrogens with two attached hydrogens (primary N) is 1. The van der Waals surface area contributed by atoms with Crippen molar-refractivity contribution < 1.29 is 4.74 Å². The van der Waals surface area contributed by atoms with Crippen LogP contribution in [-0.2, 0) is 0 Å². The molecule has 0 spiro atoms. The Labute approximate surface area is 79.7 Å². The number of rotatable bonds is 4. The number of benzene rings is 1. The van der Waals surface area contributed by atoms with Crippen molar-refractivity contribution in [3.63, 3.8) is 0 Å². The van der Waals surface area contributed by atoms with E-state index < -0.39 is 0 Å². The first-order chi connectivity index (χ1) is 6.27. The molecule has 13 heavy (non-hydrogen) atoms. The molecule has 1 atom stereocenters. The summed E-state index contributed by atoms with van der Waals surface area (Å²) in [7, 11) is 0. The molecule has 2 nitrogen and oxygen atoms in total. The Kier molecular flexibility index (Phi) is 3.77. The maximum Gasteiger partial charge on any atom is 0.122 e. The van der Waals surface area contributed by atoms with Gasteiger partial charge in [-0.25, -0.2) is 0 Å². The molecule has 0 amide bonds. The van der Waals surface area contributed by atoms with Gasteiger partial charge in [-0.3, -0.25) is 0 Å². The molecule has 0 heterocycles. The number of aryl methyl sites for hydroxylation is 1. The molecule has 0 radical (unpaired) electrons. The molecule has 0 saturated heterocycles. The highest BCUT2D eigenvalue weighted by atomic mass is 16.5. The fraction of sp³-hybridized carbons (Fsp3) is 0.455. The van der Waals surface area contributed by atoms with Crippen molar-refractivity contribution in [3.8, 4) is 5.75 Å². The van der Waals surface area contributed by atoms with Crippen molar-refractivity contribution in [1.29, 1.82) is 0 Å². The van der Waals surface area contributed by atoms with E-state index in [1.54, 1.807) is 0 Å². The quantitative estimate of drug-likeness (QED) is 0.768. The van der Waals surface area contributed by atoms with Crippen molar-refractivity contribution in [2.45, 2.75) is 26.4 Å². The number of hydrogen-bond donors (Lipinski definition) is 1. The maximum atomic E-state index is 5.72. The molecule has 0 aliphatic rings. The van der Waals surface area contributed by atoms with Gasteiger partial charge in [-0.15, -0.1) is 0 Å². The minimum atomic E-state index is 0.140. The van der Waals surface area contributed by atoms with E-state index in [1.807, 2.05) is 31.2 Å². The lowest BCUT2D eigenvalue weighted by Crippen LogP contribution is -2.25. The average molecular weight is 179 g/mol. The van der Waals surface area contributed by atoms with Gasteiger partial charge in [0.2, 0.25) is 0 Å². The number of hydrogen-bond acceptors (Lipinski definition) is 2. The van der Waals surface area contributed by atoms with Crippen LogP contribution in [0.15, 0.2) is 24.3 Å². The van der Waals surface area contributed by atoms with Crippen LogP contribution in [0.2, 0.25) is 0 Å². The molecule has 1 aromatic carbocycles. The van der Waals surface area contributed by atoms with Crippen LogP contribution >= 0.6 is 0 Å². The Bertz CT molecular complexity index is 256. The lowest BCUT2D eigenvalue weighted by Gasteiger charge is -2.16. The van der Waals surface area contributed by atoms with Gasteiger partial charge in [0.25, 0.3) is 0 Å². The third-order valence-corrected chi connectivity index (χ3v) is 2.11. The summed E-state index contributed by atoms with van der Waals surface area (Å²) in [5, 5.41) is 0. The molecule has 0 aliphatic carbocycles. The van der Waals surface area contributed by atoms with E-state index in [-0.39, 0.29) is 6.10 Å². The van der Waals surface area contributed by atoms with Gasteiger partial charge in [0, 0.05) is 6.54 Å². The molecule has 0 saturated carbocycles. The topological polar surface area (TPSA) is 35.2 Å². The average Bonchev–Trinajstić information content (AvgIpc) is 2.17. The standard InChI is InChI=1S/C11H17NO/c1-3-10(8-12)13-11-7-5-4-6-9(11)2/h4-7,10H,3,8,12H2,1-2H3/t10-/m1/s1. The zero-order valence-corrected chi connectivity index (χ0v) is 8.29. The summed E-state index contributed by atoms with van der Waals surface area (Å²) >= 11 is 0. The Morgan fingerprint density at radius 2 is 2.08 bits per heavy atom. The van der Waals surface area contributed by atoms with Crippen molar-refractivity contribution >= 4 is 0 Å². The van der Waals surface area contributed by atoms with Crippen LogP contribution in [0.4, 0.5) is 0 Å². The normalized spacial score (nSPS) is 12.5. The highest BCUT2D eigenvalue weighted by Crippen LogP contribution is 2.18. The molecular formula is C11H17NO. The second-order valence-corrected chi connectivity index (χ2v) is 3.15. The molecule has 1 aromatic rings. The molecule has 72 valence electrons. The van der Waals surface area contributed by atoms with Gasteiger partial charge in [0.05, 0.1) is 0 Å². The van der Waals surface area contributed by atoms with Gasteiger partial charge in [-0.2, -0.15) is 0 Å². The predicted octanol–water partition coefficient (Wildman–Crippen LogP) is 2.11. The van der Waals surface area contributed by atoms with E-state index in [1.165, 1.54) is 0 Å². The maximum absolute atomic E-state index is 5.72. The number of para-hydroxylation sites is 1. The van der Waals surface area contributed by atoms with Crippen molar-refractivity contribution in [2.75, 3.05) is 6.54 Å². The predicted molar refractivity (Wildman–Crippen MR) is 54.9 cm³/mol. The molecule has 2 heteroatoms. The van der Waals surface area contributed by atoms with Gasteiger partial charge in [-0.05, 0) is 25.0 Å². The minimum absolute atomic E-state index is 0.140. The van der Waals surface area contributed by atoms with E-state index in [2.05, 4.69) is 6.92 Å². The lowest BCUT2D eigenvalue weighted by molar-refractivity contribution is 0.204. The molecule has 1 rings (SSSR count). The molecule has 0 aromatic heterocycles. The van der Waals surface area contributed by atoms with Gasteiger partial charge in [0.15, 0.2) is 0 Å². The van der Waals surface area contributed by atoms with E-state index >= 15 is 0 Å². The fourth-order valence-electron chi connectivity index (χ4n) is 1.17. The summed E-state index contributed by atoms with van der Waals surface area (Å²) in [4.78, 5) is 0. The van der Waals surface area contributed by atoms with Crippen molar-refractivity contribution in [1.82, 2.24) is 0 Å². The van der Waals surface area contributed by atoms with Crippen LogP contribution in [0.5, 0.6) is 5.75 Å². The Morgan fingerprint density at radius 3 is 2.62 bits per heavy atom. The summed E-state index contributed by atoms with van der Waals surface area (Å²) in [5.74, 6) is 0.944. The smallest absolute Gasteiger partial charge is 0.122 e. The SMILES string of the molecule is CC[C@H](CN)Oc1ccccc1C. The monoisotopic (exact) mass is 179 g/mol. The van der Waals surface area contributed by atoms with Gasteiger partial charge >= 0.3 is 0 Å². The van der Waals surface area contributed by atoms with Crippen molar-refractivity contribution in [3.05, 3.63) is 29.8 Å². The van der Waals surface area contributed by atoms with Crippen LogP contribution in [0.25, 0.3) is 0 Å². The summed E-state index contributed by atoms with van der Waals surface area (Å²) in [6, 6.07) is 8.00. The first-order valence-corrected chi connectivity index (χ1v) is 4.70. The molecule has 0 fully saturated rings. The first kappa shape index (κ1) is 10.1. The van der Waals surface area contributed by atoms with E-state index in [9.17, 15) is 0 Å². The second-order valence-electron chi connectivity index (χ2n) is 3.15. The van der Waals surface area contributed by atoms with Gasteiger partial charge < -0.3 is 10.5 Å². The molecule has 2 N–H and O–H groups in total. The summed E-state index contributed by atoms with van der Waals surface area (Å²) < 4.78 is 5.72. The Hall–Kier alpha value is -1.02. The van der Waals surface area contributed by atoms with Crippen LogP contribution in [0, 0.1) is 6.92 Å². The molecule has 0 bridgehead atoms. The molecule has 0 aliphatic heterocycles. The van der Waals surface area contributed by atoms with Crippen molar-refractivity contribution in [2.24, 2.45) is 5.73 Å². The summed E-state index contributed by atoms with van der Waals surface area (Å²) in [6.07, 6.45) is 1.09. The fourth-order valence-corrected chi connectivity index (χ4v) is 1.17. The summed E-state index contributed by atoms with van der Waals surface area (Å²) in [5.41, 5.74) is 6.72. The van der Waals surface area contributed by atoms with Crippen LogP contribution in [0.1, 0.15) is 18.9 Å². The molecular weight excluding hydrogens is 162 g/mol. The molecule has 0 unspecified atom stereocenters. The van der Waals surface area contributed by atoms with Gasteiger partial charge in [-0.1, -0.05) is 25.1 Å². The van der Waals surface area contributed by atoms with Crippen LogP contribution < -0.4 is 10.5 Å². The third-order valence-electron chi connectivity index (χ3n) is 2.11. The zero-order chi connectivity index (χ0) is 9.68. The van der Waals surface area contributed by atoms with E-state index in [4.69, 9.17) is 10.5 Å². The van der Waals surface area contributed by atoms with Crippen LogP contribution in [0.3, 0.4) is 0 Å². The van der Waals surface area contributed by atoms with E-state index in [0.717, 1.165) is 17.7 Å². The largest absolute Gasteiger partial charge is 0.489 e. The second kappa shape index (κ2) is 4.87. The van der Waals surface area contributed by atoms with E-state index in [0.29, 0.717) is 6.54 Å². The Morgan fingerprint density at radius 1 is 1.38 bits per heavy atom. The minimum Gasteiger partial charge on any atom is -0.489 e. The Balaban J connectivity index is 2.67. The van der Waals surface area contributed by atoms with Gasteiger partial charge in [0.1, 0.15) is 11.9 Å². The highest BCUT2D eigenvalue weighted by molar-refractivity contribution is 5.31.